The Bertz CT molecular complexity index is 528. The predicted octanol–water partition coefficient (Wildman–Crippen LogP) is 0.511. The van der Waals surface area contributed by atoms with E-state index >= 15 is 0 Å². The van der Waals surface area contributed by atoms with Gasteiger partial charge in [-0.1, -0.05) is 12.1 Å². The summed E-state index contributed by atoms with van der Waals surface area (Å²) in [5, 5.41) is 2.86. The van der Waals surface area contributed by atoms with Crippen molar-refractivity contribution < 1.29 is 14.3 Å². The van der Waals surface area contributed by atoms with Crippen LogP contribution in [-0.2, 0) is 16.1 Å². The Morgan fingerprint density at radius 3 is 2.50 bits per heavy atom. The van der Waals surface area contributed by atoms with Crippen LogP contribution in [0.4, 0.5) is 0 Å². The second-order valence-corrected chi connectivity index (χ2v) is 5.67. The summed E-state index contributed by atoms with van der Waals surface area (Å²) in [6.07, 6.45) is 1.13. The van der Waals surface area contributed by atoms with Crippen LogP contribution in [0.3, 0.4) is 0 Å². The van der Waals surface area contributed by atoms with Crippen LogP contribution in [0.2, 0.25) is 0 Å². The molecule has 1 aromatic rings. The molecule has 1 aliphatic rings. The molecular weight excluding hydrogens is 282 g/mol. The van der Waals surface area contributed by atoms with Crippen LogP contribution in [0.25, 0.3) is 0 Å². The topological polar surface area (TPSA) is 84.7 Å². The molecule has 1 heterocycles. The van der Waals surface area contributed by atoms with Crippen LogP contribution in [0.1, 0.15) is 28.8 Å². The van der Waals surface area contributed by atoms with Gasteiger partial charge in [0.25, 0.3) is 5.91 Å². The van der Waals surface area contributed by atoms with Gasteiger partial charge >= 0.3 is 0 Å². The van der Waals surface area contributed by atoms with Crippen molar-refractivity contribution in [1.82, 2.24) is 10.2 Å². The van der Waals surface area contributed by atoms with Crippen molar-refractivity contribution in [2.75, 3.05) is 20.6 Å². The molecule has 3 N–H and O–H groups in total. The molecule has 0 spiro atoms. The molecule has 0 bridgehead atoms. The van der Waals surface area contributed by atoms with Crippen LogP contribution in [-0.4, -0.2) is 49.6 Å². The molecular formula is C16H23N3O3. The van der Waals surface area contributed by atoms with E-state index in [0.29, 0.717) is 25.1 Å². The number of nitrogens with two attached hydrogens (primary N) is 1. The highest BCUT2D eigenvalue weighted by Gasteiger charge is 2.29. The summed E-state index contributed by atoms with van der Waals surface area (Å²) in [5.74, 6) is -0.146. The van der Waals surface area contributed by atoms with Crippen molar-refractivity contribution in [3.8, 4) is 0 Å². The molecule has 0 aliphatic carbocycles. The first-order valence-electron chi connectivity index (χ1n) is 7.45. The fourth-order valence-corrected chi connectivity index (χ4v) is 2.40. The molecule has 6 heteroatoms. The van der Waals surface area contributed by atoms with Crippen LogP contribution in [0, 0.1) is 0 Å². The van der Waals surface area contributed by atoms with Gasteiger partial charge in [-0.2, -0.15) is 0 Å². The highest BCUT2D eigenvalue weighted by Crippen LogP contribution is 2.19. The van der Waals surface area contributed by atoms with Crippen LogP contribution in [0.15, 0.2) is 24.3 Å². The van der Waals surface area contributed by atoms with Crippen molar-refractivity contribution in [3.05, 3.63) is 35.4 Å². The largest absolute Gasteiger partial charge is 0.364 e. The minimum Gasteiger partial charge on any atom is -0.364 e. The lowest BCUT2D eigenvalue weighted by molar-refractivity contribution is -0.132. The first kappa shape index (κ1) is 16.5. The van der Waals surface area contributed by atoms with Crippen molar-refractivity contribution in [3.63, 3.8) is 0 Å². The third kappa shape index (κ3) is 4.05. The predicted molar refractivity (Wildman–Crippen MR) is 83.3 cm³/mol. The Morgan fingerprint density at radius 1 is 1.27 bits per heavy atom. The third-order valence-electron chi connectivity index (χ3n) is 3.74. The number of rotatable bonds is 5. The number of hydrogen-bond acceptors (Lipinski definition) is 4. The number of ether oxygens (including phenoxy) is 1. The summed E-state index contributed by atoms with van der Waals surface area (Å²) in [6.45, 7) is 0.869. The molecule has 120 valence electrons. The van der Waals surface area contributed by atoms with Gasteiger partial charge in [0, 0.05) is 32.7 Å². The van der Waals surface area contributed by atoms with Crippen molar-refractivity contribution in [2.45, 2.75) is 31.6 Å². The number of carbonyl (C=O) groups is 2. The van der Waals surface area contributed by atoms with Crippen molar-refractivity contribution in [2.24, 2.45) is 5.73 Å². The van der Waals surface area contributed by atoms with E-state index in [2.05, 4.69) is 5.32 Å². The van der Waals surface area contributed by atoms with Gasteiger partial charge in [-0.3, -0.25) is 9.59 Å². The molecule has 6 nitrogen and oxygen atoms in total. The molecule has 2 rings (SSSR count). The van der Waals surface area contributed by atoms with Gasteiger partial charge in [-0.05, 0) is 30.5 Å². The van der Waals surface area contributed by atoms with E-state index in [9.17, 15) is 9.59 Å². The third-order valence-corrected chi connectivity index (χ3v) is 3.74. The zero-order chi connectivity index (χ0) is 16.1. The molecule has 0 radical (unpaired) electrons. The Hall–Kier alpha value is -1.92. The molecule has 2 amide bonds. The van der Waals surface area contributed by atoms with E-state index in [4.69, 9.17) is 10.5 Å². The molecule has 2 atom stereocenters. The highest BCUT2D eigenvalue weighted by molar-refractivity contribution is 5.93. The van der Waals surface area contributed by atoms with Crippen molar-refractivity contribution in [1.29, 1.82) is 0 Å². The number of benzene rings is 1. The minimum atomic E-state index is -0.400. The van der Waals surface area contributed by atoms with E-state index in [1.54, 1.807) is 26.2 Å². The summed E-state index contributed by atoms with van der Waals surface area (Å²) in [5.41, 5.74) is 7.10. The fourth-order valence-electron chi connectivity index (χ4n) is 2.40. The maximum Gasteiger partial charge on any atom is 0.253 e. The summed E-state index contributed by atoms with van der Waals surface area (Å²) < 4.78 is 5.55. The van der Waals surface area contributed by atoms with Gasteiger partial charge in [0.05, 0.1) is 6.10 Å². The first-order chi connectivity index (χ1) is 10.5. The van der Waals surface area contributed by atoms with E-state index < -0.39 is 6.10 Å². The van der Waals surface area contributed by atoms with Gasteiger partial charge in [0.15, 0.2) is 0 Å². The van der Waals surface area contributed by atoms with Gasteiger partial charge < -0.3 is 20.7 Å². The Balaban J connectivity index is 1.84. The molecule has 0 aromatic heterocycles. The lowest BCUT2D eigenvalue weighted by Gasteiger charge is -2.13. The number of nitrogens with zero attached hydrogens (tertiary/aromatic N) is 1. The Morgan fingerprint density at radius 2 is 1.95 bits per heavy atom. The molecule has 1 aliphatic heterocycles. The quantitative estimate of drug-likeness (QED) is 0.830. The normalized spacial score (nSPS) is 20.7. The molecule has 1 fully saturated rings. The van der Waals surface area contributed by atoms with E-state index in [0.717, 1.165) is 12.0 Å². The number of hydrogen-bond donors (Lipinski definition) is 2. The number of amides is 2. The summed E-state index contributed by atoms with van der Waals surface area (Å²) in [4.78, 5) is 25.3. The first-order valence-corrected chi connectivity index (χ1v) is 7.45. The summed E-state index contributed by atoms with van der Waals surface area (Å²) >= 11 is 0. The molecule has 22 heavy (non-hydrogen) atoms. The van der Waals surface area contributed by atoms with Crippen LogP contribution >= 0.6 is 0 Å². The van der Waals surface area contributed by atoms with Gasteiger partial charge in [0.1, 0.15) is 6.10 Å². The highest BCUT2D eigenvalue weighted by atomic mass is 16.5. The maximum atomic E-state index is 12.0. The van der Waals surface area contributed by atoms with E-state index in [1.807, 2.05) is 12.1 Å². The number of carbonyl (C=O) groups excluding carboxylic acids is 2. The van der Waals surface area contributed by atoms with E-state index in [-0.39, 0.29) is 17.9 Å². The summed E-state index contributed by atoms with van der Waals surface area (Å²) in [6, 6.07) is 7.21. The number of nitrogens with one attached hydrogen (secondary N) is 1. The fraction of sp³-hybridized carbons (Fsp3) is 0.500. The smallest absolute Gasteiger partial charge is 0.253 e. The van der Waals surface area contributed by atoms with Gasteiger partial charge in [0.2, 0.25) is 5.91 Å². The second-order valence-electron chi connectivity index (χ2n) is 5.67. The maximum absolute atomic E-state index is 12.0. The average Bonchev–Trinajstić information content (AvgIpc) is 3.01. The minimum absolute atomic E-state index is 0.00733. The second kappa shape index (κ2) is 7.38. The summed E-state index contributed by atoms with van der Waals surface area (Å²) in [7, 11) is 3.43. The Kier molecular flexibility index (Phi) is 5.51. The molecule has 0 saturated carbocycles. The Labute approximate surface area is 130 Å². The van der Waals surface area contributed by atoms with E-state index in [1.165, 1.54) is 4.90 Å². The van der Waals surface area contributed by atoms with Gasteiger partial charge in [-0.25, -0.2) is 0 Å². The zero-order valence-electron chi connectivity index (χ0n) is 13.0. The zero-order valence-corrected chi connectivity index (χ0v) is 13.0. The molecule has 0 unspecified atom stereocenters. The van der Waals surface area contributed by atoms with Crippen LogP contribution < -0.4 is 11.1 Å². The molecule has 1 aromatic carbocycles. The monoisotopic (exact) mass is 305 g/mol. The van der Waals surface area contributed by atoms with Crippen LogP contribution in [0.5, 0.6) is 0 Å². The SMILES string of the molecule is CN(C)C(=O)c1ccc(CNC(=O)[C@@H]2CC[C@H](CN)O2)cc1. The lowest BCUT2D eigenvalue weighted by Crippen LogP contribution is -2.35. The average molecular weight is 305 g/mol. The standard InChI is InChI=1S/C16H23N3O3/c1-19(2)16(21)12-5-3-11(4-6-12)10-18-15(20)14-8-7-13(9-17)22-14/h3-6,13-14H,7-10,17H2,1-2H3,(H,18,20)/t13-,14+/m1/s1. The molecule has 1 saturated heterocycles. The van der Waals surface area contributed by atoms with Gasteiger partial charge in [-0.15, -0.1) is 0 Å². The van der Waals surface area contributed by atoms with Crippen molar-refractivity contribution >= 4 is 11.8 Å². The lowest BCUT2D eigenvalue weighted by atomic mass is 10.1.